The quantitative estimate of drug-likeness (QED) is 0.112. The third-order valence-electron chi connectivity index (χ3n) is 4.84. The molecule has 4 atom stereocenters. The Morgan fingerprint density at radius 1 is 0.833 bits per heavy atom. The lowest BCUT2D eigenvalue weighted by atomic mass is 10.0. The van der Waals surface area contributed by atoms with Crippen LogP contribution < -0.4 is 27.4 Å². The van der Waals surface area contributed by atoms with Gasteiger partial charge in [0, 0.05) is 12.8 Å². The van der Waals surface area contributed by atoms with Crippen molar-refractivity contribution in [2.75, 3.05) is 6.61 Å². The molecule has 4 amide bonds. The van der Waals surface area contributed by atoms with Gasteiger partial charge in [0.25, 0.3) is 0 Å². The molecular weight excluding hydrogens is 482 g/mol. The summed E-state index contributed by atoms with van der Waals surface area (Å²) in [6.07, 6.45) is -1.69. The molecular formula is C21H29N5O10. The number of aliphatic hydroxyl groups is 1. The highest BCUT2D eigenvalue weighted by Crippen LogP contribution is 2.12. The van der Waals surface area contributed by atoms with Crippen LogP contribution in [0.3, 0.4) is 0 Å². The van der Waals surface area contributed by atoms with E-state index < -0.39 is 85.6 Å². The van der Waals surface area contributed by atoms with Crippen molar-refractivity contribution in [2.45, 2.75) is 49.9 Å². The zero-order chi connectivity index (χ0) is 27.4. The number of rotatable bonds is 15. The summed E-state index contributed by atoms with van der Waals surface area (Å²) in [5, 5.41) is 43.2. The van der Waals surface area contributed by atoms with Crippen LogP contribution in [0.1, 0.15) is 24.8 Å². The smallest absolute Gasteiger partial charge is 0.328 e. The summed E-state index contributed by atoms with van der Waals surface area (Å²) in [5.41, 5.74) is 11.1. The Bertz CT molecular complexity index is 968. The standard InChI is InChI=1S/C21H29N5O10/c22-12(8-16(23)29)18(32)25-14(7-10-1-3-11(28)4-2-10)20(34)24-13(5-6-17(30)31)19(33)26-15(9-27)21(35)36/h1-4,12-15,27-28H,5-9,22H2,(H2,23,29)(H,24,34)(H,25,32)(H,26,33)(H,30,31)(H,35,36). The van der Waals surface area contributed by atoms with Gasteiger partial charge in [0.05, 0.1) is 19.1 Å². The normalized spacial score (nSPS) is 13.9. The van der Waals surface area contributed by atoms with Crippen molar-refractivity contribution in [1.82, 2.24) is 16.0 Å². The number of amides is 4. The van der Waals surface area contributed by atoms with E-state index in [0.29, 0.717) is 5.56 Å². The van der Waals surface area contributed by atoms with Crippen LogP contribution in [-0.4, -0.2) is 86.8 Å². The molecule has 0 fully saturated rings. The molecule has 198 valence electrons. The summed E-state index contributed by atoms with van der Waals surface area (Å²) in [4.78, 5) is 71.2. The average molecular weight is 511 g/mol. The Balaban J connectivity index is 3.14. The summed E-state index contributed by atoms with van der Waals surface area (Å²) in [5.74, 6) is -6.73. The van der Waals surface area contributed by atoms with Gasteiger partial charge in [-0.25, -0.2) is 4.79 Å². The first kappa shape index (κ1) is 29.8. The molecule has 36 heavy (non-hydrogen) atoms. The summed E-state index contributed by atoms with van der Waals surface area (Å²) in [6, 6.07) is -0.443. The second kappa shape index (κ2) is 14.2. The van der Waals surface area contributed by atoms with Crippen LogP contribution in [-0.2, 0) is 35.2 Å². The summed E-state index contributed by atoms with van der Waals surface area (Å²) in [6.45, 7) is -0.960. The van der Waals surface area contributed by atoms with Crippen molar-refractivity contribution in [1.29, 1.82) is 0 Å². The molecule has 15 nitrogen and oxygen atoms in total. The largest absolute Gasteiger partial charge is 0.508 e. The number of phenols is 1. The molecule has 4 unspecified atom stereocenters. The molecule has 0 heterocycles. The Labute approximate surface area is 204 Å². The van der Waals surface area contributed by atoms with E-state index >= 15 is 0 Å². The fourth-order valence-corrected chi connectivity index (χ4v) is 2.93. The van der Waals surface area contributed by atoms with Crippen LogP contribution in [0.4, 0.5) is 0 Å². The highest BCUT2D eigenvalue weighted by atomic mass is 16.4. The van der Waals surface area contributed by atoms with Gasteiger partial charge >= 0.3 is 11.9 Å². The Hall–Kier alpha value is -4.24. The lowest BCUT2D eigenvalue weighted by Crippen LogP contribution is -2.58. The van der Waals surface area contributed by atoms with Crippen molar-refractivity contribution in [3.8, 4) is 5.75 Å². The number of hydrogen-bond acceptors (Lipinski definition) is 9. The van der Waals surface area contributed by atoms with Gasteiger partial charge in [-0.15, -0.1) is 0 Å². The van der Waals surface area contributed by atoms with Gasteiger partial charge in [0.15, 0.2) is 0 Å². The van der Waals surface area contributed by atoms with Crippen LogP contribution in [0.5, 0.6) is 5.75 Å². The minimum absolute atomic E-state index is 0.0606. The van der Waals surface area contributed by atoms with Gasteiger partial charge in [-0.1, -0.05) is 12.1 Å². The van der Waals surface area contributed by atoms with Crippen molar-refractivity contribution < 1.29 is 49.2 Å². The van der Waals surface area contributed by atoms with E-state index in [1.54, 1.807) is 0 Å². The molecule has 0 aromatic heterocycles. The van der Waals surface area contributed by atoms with Gasteiger partial charge in [-0.3, -0.25) is 24.0 Å². The monoisotopic (exact) mass is 511 g/mol. The minimum Gasteiger partial charge on any atom is -0.508 e. The van der Waals surface area contributed by atoms with E-state index in [9.17, 15) is 33.9 Å². The Kier molecular flexibility index (Phi) is 11.8. The van der Waals surface area contributed by atoms with E-state index in [0.717, 1.165) is 0 Å². The second-order valence-electron chi connectivity index (χ2n) is 7.78. The van der Waals surface area contributed by atoms with Crippen molar-refractivity contribution in [2.24, 2.45) is 11.5 Å². The van der Waals surface area contributed by atoms with Gasteiger partial charge in [-0.05, 0) is 24.1 Å². The molecule has 0 radical (unpaired) electrons. The zero-order valence-corrected chi connectivity index (χ0v) is 19.0. The fraction of sp³-hybridized carbons (Fsp3) is 0.429. The van der Waals surface area contributed by atoms with Crippen molar-refractivity contribution >= 4 is 35.6 Å². The first-order chi connectivity index (χ1) is 16.8. The number of nitrogens with one attached hydrogen (secondary N) is 3. The average Bonchev–Trinajstić information content (AvgIpc) is 2.79. The molecule has 15 heteroatoms. The lowest BCUT2D eigenvalue weighted by molar-refractivity contribution is -0.144. The van der Waals surface area contributed by atoms with Crippen molar-refractivity contribution in [3.05, 3.63) is 29.8 Å². The number of carbonyl (C=O) groups is 6. The van der Waals surface area contributed by atoms with Crippen LogP contribution in [0.25, 0.3) is 0 Å². The summed E-state index contributed by atoms with van der Waals surface area (Å²) >= 11 is 0. The molecule has 1 rings (SSSR count). The van der Waals surface area contributed by atoms with E-state index in [1.807, 2.05) is 5.32 Å². The first-order valence-electron chi connectivity index (χ1n) is 10.6. The van der Waals surface area contributed by atoms with Crippen molar-refractivity contribution in [3.63, 3.8) is 0 Å². The molecule has 0 spiro atoms. The van der Waals surface area contributed by atoms with E-state index in [4.69, 9.17) is 26.8 Å². The maximum Gasteiger partial charge on any atom is 0.328 e. The van der Waals surface area contributed by atoms with E-state index in [-0.39, 0.29) is 12.2 Å². The third kappa shape index (κ3) is 10.4. The van der Waals surface area contributed by atoms with E-state index in [1.165, 1.54) is 24.3 Å². The maximum absolute atomic E-state index is 13.0. The number of aliphatic hydroxyl groups excluding tert-OH is 1. The Morgan fingerprint density at radius 3 is 1.86 bits per heavy atom. The molecule has 1 aromatic rings. The lowest BCUT2D eigenvalue weighted by Gasteiger charge is -2.25. The highest BCUT2D eigenvalue weighted by molar-refractivity contribution is 5.95. The number of hydrogen-bond donors (Lipinski definition) is 9. The molecule has 0 aliphatic rings. The number of primary amides is 1. The number of benzene rings is 1. The van der Waals surface area contributed by atoms with Gasteiger partial charge < -0.3 is 47.8 Å². The number of carboxylic acids is 2. The minimum atomic E-state index is -1.71. The highest BCUT2D eigenvalue weighted by Gasteiger charge is 2.31. The number of nitrogens with two attached hydrogens (primary N) is 2. The number of aromatic hydroxyl groups is 1. The first-order valence-corrected chi connectivity index (χ1v) is 10.6. The topological polar surface area (TPSA) is 271 Å². The predicted octanol–water partition coefficient (Wildman–Crippen LogP) is -3.47. The number of carboxylic acid groups (broad SMARTS) is 2. The third-order valence-corrected chi connectivity index (χ3v) is 4.84. The fourth-order valence-electron chi connectivity index (χ4n) is 2.93. The maximum atomic E-state index is 13.0. The molecule has 0 bridgehead atoms. The molecule has 0 aliphatic heterocycles. The number of carbonyl (C=O) groups excluding carboxylic acids is 4. The van der Waals surface area contributed by atoms with E-state index in [2.05, 4.69) is 10.6 Å². The van der Waals surface area contributed by atoms with Crippen LogP contribution >= 0.6 is 0 Å². The SMILES string of the molecule is NC(=O)CC(N)C(=O)NC(Cc1ccc(O)cc1)C(=O)NC(CCC(=O)O)C(=O)NC(CO)C(=O)O. The molecule has 0 saturated heterocycles. The van der Waals surface area contributed by atoms with Crippen LogP contribution in [0, 0.1) is 0 Å². The molecule has 0 saturated carbocycles. The molecule has 0 aliphatic carbocycles. The van der Waals surface area contributed by atoms with Crippen LogP contribution in [0.15, 0.2) is 24.3 Å². The predicted molar refractivity (Wildman–Crippen MR) is 121 cm³/mol. The van der Waals surface area contributed by atoms with Gasteiger partial charge in [-0.2, -0.15) is 0 Å². The van der Waals surface area contributed by atoms with Gasteiger partial charge in [0.2, 0.25) is 23.6 Å². The summed E-state index contributed by atoms with van der Waals surface area (Å²) in [7, 11) is 0. The summed E-state index contributed by atoms with van der Waals surface area (Å²) < 4.78 is 0. The number of aliphatic carboxylic acids is 2. The molecule has 1 aromatic carbocycles. The van der Waals surface area contributed by atoms with Crippen LogP contribution in [0.2, 0.25) is 0 Å². The number of phenolic OH excluding ortho intramolecular Hbond substituents is 1. The van der Waals surface area contributed by atoms with Gasteiger partial charge in [0.1, 0.15) is 23.9 Å². The molecule has 11 N–H and O–H groups in total. The second-order valence-corrected chi connectivity index (χ2v) is 7.78. The Morgan fingerprint density at radius 2 is 1.36 bits per heavy atom. The zero-order valence-electron chi connectivity index (χ0n) is 19.0.